The Morgan fingerprint density at radius 2 is 1.85 bits per heavy atom. The van der Waals surface area contributed by atoms with Crippen molar-refractivity contribution in [2.75, 3.05) is 5.32 Å². The van der Waals surface area contributed by atoms with E-state index in [9.17, 15) is 4.39 Å². The zero-order chi connectivity index (χ0) is 19.3. The maximum absolute atomic E-state index is 15.4. The first-order valence-corrected chi connectivity index (χ1v) is 9.10. The highest BCUT2D eigenvalue weighted by molar-refractivity contribution is 5.73. The first-order chi connectivity index (χ1) is 12.4. The van der Waals surface area contributed by atoms with Gasteiger partial charge in [0.1, 0.15) is 23.3 Å². The Bertz CT molecular complexity index is 800. The van der Waals surface area contributed by atoms with Crippen molar-refractivity contribution in [3.63, 3.8) is 0 Å². The van der Waals surface area contributed by atoms with Gasteiger partial charge in [0.15, 0.2) is 0 Å². The molecule has 1 N–H and O–H groups in total. The Morgan fingerprint density at radius 1 is 1.15 bits per heavy atom. The van der Waals surface area contributed by atoms with Gasteiger partial charge in [-0.3, -0.25) is 0 Å². The third kappa shape index (κ3) is 4.45. The van der Waals surface area contributed by atoms with Crippen LogP contribution < -0.4 is 5.32 Å². The predicted molar refractivity (Wildman–Crippen MR) is 103 cm³/mol. The number of benzene rings is 1. The van der Waals surface area contributed by atoms with Crippen LogP contribution in [0.25, 0.3) is 5.83 Å². The summed E-state index contributed by atoms with van der Waals surface area (Å²) in [6.07, 6.45) is 1.49. The largest absolute Gasteiger partial charge is 0.365 e. The average molecular weight is 359 g/mol. The van der Waals surface area contributed by atoms with Crippen molar-refractivity contribution in [1.29, 1.82) is 0 Å². The SMILES string of the molecule is CC/C(=C(\F)c1c(C)nc(C)nc1NCc1ccccc1F)C(C)CC. The summed E-state index contributed by atoms with van der Waals surface area (Å²) < 4.78 is 29.3. The fraction of sp³-hybridized carbons (Fsp3) is 0.429. The molecule has 0 amide bonds. The second kappa shape index (κ2) is 8.88. The van der Waals surface area contributed by atoms with Crippen molar-refractivity contribution in [1.82, 2.24) is 9.97 Å². The smallest absolute Gasteiger partial charge is 0.140 e. The normalized spacial score (nSPS) is 13.3. The molecule has 0 aliphatic carbocycles. The van der Waals surface area contributed by atoms with Gasteiger partial charge in [0.25, 0.3) is 0 Å². The summed E-state index contributed by atoms with van der Waals surface area (Å²) in [5.41, 5.74) is 2.23. The zero-order valence-corrected chi connectivity index (χ0v) is 16.2. The second-order valence-electron chi connectivity index (χ2n) is 6.53. The first-order valence-electron chi connectivity index (χ1n) is 9.10. The molecule has 26 heavy (non-hydrogen) atoms. The van der Waals surface area contributed by atoms with Crippen LogP contribution in [0.5, 0.6) is 0 Å². The minimum Gasteiger partial charge on any atom is -0.365 e. The summed E-state index contributed by atoms with van der Waals surface area (Å²) in [5, 5.41) is 3.10. The van der Waals surface area contributed by atoms with Crippen LogP contribution in [0.3, 0.4) is 0 Å². The van der Waals surface area contributed by atoms with E-state index in [0.717, 1.165) is 12.0 Å². The summed E-state index contributed by atoms with van der Waals surface area (Å²) >= 11 is 0. The van der Waals surface area contributed by atoms with Crippen LogP contribution in [0, 0.1) is 25.6 Å². The molecular weight excluding hydrogens is 332 g/mol. The molecule has 5 heteroatoms. The van der Waals surface area contributed by atoms with Gasteiger partial charge in [-0.1, -0.05) is 39.0 Å². The lowest BCUT2D eigenvalue weighted by Gasteiger charge is -2.18. The maximum atomic E-state index is 15.4. The highest BCUT2D eigenvalue weighted by atomic mass is 19.1. The van der Waals surface area contributed by atoms with Crippen LogP contribution >= 0.6 is 0 Å². The molecule has 1 heterocycles. The standard InChI is InChI=1S/C21H27F2N3/c1-6-13(3)17(7-2)20(23)19-14(4)25-15(5)26-21(19)24-12-16-10-8-9-11-18(16)22/h8-11,13H,6-7,12H2,1-5H3,(H,24,25,26)/b20-17+. The summed E-state index contributed by atoms with van der Waals surface area (Å²) in [4.78, 5) is 8.71. The molecule has 0 saturated carbocycles. The summed E-state index contributed by atoms with van der Waals surface area (Å²) in [7, 11) is 0. The van der Waals surface area contributed by atoms with E-state index in [2.05, 4.69) is 15.3 Å². The fourth-order valence-corrected chi connectivity index (χ4v) is 3.05. The number of allylic oxidation sites excluding steroid dienone is 1. The molecule has 0 spiro atoms. The lowest BCUT2D eigenvalue weighted by atomic mass is 9.93. The molecule has 2 rings (SSSR count). The molecule has 140 valence electrons. The quantitative estimate of drug-likeness (QED) is 0.660. The van der Waals surface area contributed by atoms with Gasteiger partial charge in [-0.2, -0.15) is 0 Å². The van der Waals surface area contributed by atoms with Crippen molar-refractivity contribution in [2.45, 2.75) is 54.0 Å². The topological polar surface area (TPSA) is 37.8 Å². The highest BCUT2D eigenvalue weighted by Gasteiger charge is 2.20. The minimum atomic E-state index is -0.297. The molecule has 1 aromatic heterocycles. The van der Waals surface area contributed by atoms with Gasteiger partial charge in [0, 0.05) is 12.1 Å². The number of halogens is 2. The number of anilines is 1. The number of aromatic nitrogens is 2. The Labute approximate surface area is 154 Å². The molecule has 0 aliphatic heterocycles. The van der Waals surface area contributed by atoms with E-state index in [1.165, 1.54) is 6.07 Å². The molecule has 1 atom stereocenters. The third-order valence-corrected chi connectivity index (χ3v) is 4.70. The average Bonchev–Trinajstić information content (AvgIpc) is 2.60. The van der Waals surface area contributed by atoms with Crippen molar-refractivity contribution in [3.05, 3.63) is 58.3 Å². The van der Waals surface area contributed by atoms with E-state index in [1.807, 2.05) is 20.8 Å². The van der Waals surface area contributed by atoms with E-state index in [0.29, 0.717) is 34.9 Å². The number of hydrogen-bond donors (Lipinski definition) is 1. The Hall–Kier alpha value is -2.30. The predicted octanol–water partition coefficient (Wildman–Crippen LogP) is 5.98. The Morgan fingerprint density at radius 3 is 2.46 bits per heavy atom. The van der Waals surface area contributed by atoms with E-state index in [1.54, 1.807) is 32.0 Å². The third-order valence-electron chi connectivity index (χ3n) is 4.70. The van der Waals surface area contributed by atoms with Crippen LogP contribution in [-0.4, -0.2) is 9.97 Å². The zero-order valence-electron chi connectivity index (χ0n) is 16.2. The van der Waals surface area contributed by atoms with Gasteiger partial charge in [-0.15, -0.1) is 0 Å². The van der Waals surface area contributed by atoms with Crippen LogP contribution in [0.15, 0.2) is 29.8 Å². The van der Waals surface area contributed by atoms with Gasteiger partial charge in [0.05, 0.1) is 11.3 Å². The fourth-order valence-electron chi connectivity index (χ4n) is 3.05. The molecule has 1 aromatic carbocycles. The van der Waals surface area contributed by atoms with Crippen LogP contribution in [0.2, 0.25) is 0 Å². The molecule has 2 aromatic rings. The molecule has 0 saturated heterocycles. The van der Waals surface area contributed by atoms with E-state index >= 15 is 4.39 Å². The Balaban J connectivity index is 2.47. The van der Waals surface area contributed by atoms with Crippen molar-refractivity contribution >= 4 is 11.6 Å². The number of aryl methyl sites for hydroxylation is 2. The summed E-state index contributed by atoms with van der Waals surface area (Å²) in [6.45, 7) is 9.80. The van der Waals surface area contributed by atoms with Crippen molar-refractivity contribution < 1.29 is 8.78 Å². The van der Waals surface area contributed by atoms with Crippen molar-refractivity contribution in [3.8, 4) is 0 Å². The molecular formula is C21H27F2N3. The maximum Gasteiger partial charge on any atom is 0.140 e. The summed E-state index contributed by atoms with van der Waals surface area (Å²) in [6, 6.07) is 6.53. The molecule has 0 radical (unpaired) electrons. The second-order valence-corrected chi connectivity index (χ2v) is 6.53. The van der Waals surface area contributed by atoms with Gasteiger partial charge in [-0.25, -0.2) is 18.7 Å². The summed E-state index contributed by atoms with van der Waals surface area (Å²) in [5.74, 6) is 0.533. The Kier molecular flexibility index (Phi) is 6.83. The molecule has 1 unspecified atom stereocenters. The monoisotopic (exact) mass is 359 g/mol. The highest BCUT2D eigenvalue weighted by Crippen LogP contribution is 2.34. The number of nitrogens with one attached hydrogen (secondary N) is 1. The number of hydrogen-bond acceptors (Lipinski definition) is 3. The number of nitrogens with zero attached hydrogens (tertiary/aromatic N) is 2. The van der Waals surface area contributed by atoms with Gasteiger partial charge in [0.2, 0.25) is 0 Å². The van der Waals surface area contributed by atoms with Gasteiger partial charge < -0.3 is 5.32 Å². The molecule has 3 nitrogen and oxygen atoms in total. The van der Waals surface area contributed by atoms with Crippen LogP contribution in [0.4, 0.5) is 14.6 Å². The van der Waals surface area contributed by atoms with Gasteiger partial charge >= 0.3 is 0 Å². The first kappa shape index (κ1) is 20.0. The number of rotatable bonds is 7. The van der Waals surface area contributed by atoms with E-state index in [4.69, 9.17) is 0 Å². The molecule has 0 aliphatic rings. The van der Waals surface area contributed by atoms with Gasteiger partial charge in [-0.05, 0) is 44.2 Å². The van der Waals surface area contributed by atoms with Crippen LogP contribution in [0.1, 0.15) is 56.3 Å². The van der Waals surface area contributed by atoms with Crippen LogP contribution in [-0.2, 0) is 6.54 Å². The molecule has 0 fully saturated rings. The molecule has 0 bridgehead atoms. The van der Waals surface area contributed by atoms with E-state index in [-0.39, 0.29) is 24.1 Å². The lowest BCUT2D eigenvalue weighted by Crippen LogP contribution is -2.10. The minimum absolute atomic E-state index is 0.139. The van der Waals surface area contributed by atoms with Crippen molar-refractivity contribution in [2.24, 2.45) is 5.92 Å². The van der Waals surface area contributed by atoms with E-state index < -0.39 is 0 Å². The lowest BCUT2D eigenvalue weighted by molar-refractivity contribution is 0.609.